The van der Waals surface area contributed by atoms with Gasteiger partial charge in [-0.25, -0.2) is 9.50 Å². The summed E-state index contributed by atoms with van der Waals surface area (Å²) in [6.07, 6.45) is 6.38. The van der Waals surface area contributed by atoms with Gasteiger partial charge in [0, 0.05) is 42.3 Å². The minimum atomic E-state index is 0.142. The molecule has 0 radical (unpaired) electrons. The Balaban J connectivity index is 1.60. The van der Waals surface area contributed by atoms with Crippen LogP contribution < -0.4 is 4.74 Å². The van der Waals surface area contributed by atoms with Gasteiger partial charge in [-0.3, -0.25) is 4.79 Å². The summed E-state index contributed by atoms with van der Waals surface area (Å²) in [7, 11) is 1.67. The van der Waals surface area contributed by atoms with Crippen LogP contribution in [0.4, 0.5) is 0 Å². The number of fused-ring (bicyclic) bond motifs is 6. The van der Waals surface area contributed by atoms with E-state index in [9.17, 15) is 4.79 Å². The number of nitrogens with zero attached hydrogens (tertiary/aromatic N) is 4. The van der Waals surface area contributed by atoms with Crippen molar-refractivity contribution in [1.29, 1.82) is 0 Å². The maximum atomic E-state index is 12.7. The molecule has 2 aliphatic heterocycles. The normalized spacial score (nSPS) is 20.4. The topological polar surface area (TPSA) is 59.7 Å². The maximum Gasteiger partial charge on any atom is 0.223 e. The van der Waals surface area contributed by atoms with E-state index in [-0.39, 0.29) is 18.0 Å². The summed E-state index contributed by atoms with van der Waals surface area (Å²) < 4.78 is 7.48. The van der Waals surface area contributed by atoms with Crippen LogP contribution in [0, 0.1) is 0 Å². The average Bonchev–Trinajstić information content (AvgIpc) is 3.29. The molecule has 144 valence electrons. The van der Waals surface area contributed by atoms with E-state index in [4.69, 9.17) is 9.84 Å². The molecule has 2 atom stereocenters. The minimum Gasteiger partial charge on any atom is -0.496 e. The van der Waals surface area contributed by atoms with E-state index in [0.717, 1.165) is 53.9 Å². The molecule has 1 aromatic carbocycles. The summed E-state index contributed by atoms with van der Waals surface area (Å²) in [6, 6.07) is 10.3. The molecule has 6 heteroatoms. The molecule has 0 N–H and O–H groups in total. The van der Waals surface area contributed by atoms with Crippen LogP contribution in [0.1, 0.15) is 49.9 Å². The first-order chi connectivity index (χ1) is 13.7. The van der Waals surface area contributed by atoms with Crippen molar-refractivity contribution in [3.05, 3.63) is 47.8 Å². The summed E-state index contributed by atoms with van der Waals surface area (Å²) in [5.74, 6) is 1.08. The summed E-state index contributed by atoms with van der Waals surface area (Å²) in [5.41, 5.74) is 5.00. The van der Waals surface area contributed by atoms with Crippen molar-refractivity contribution >= 4 is 11.6 Å². The second-order valence-electron chi connectivity index (χ2n) is 7.66. The van der Waals surface area contributed by atoms with Gasteiger partial charge >= 0.3 is 0 Å². The van der Waals surface area contributed by atoms with Gasteiger partial charge in [-0.1, -0.05) is 19.1 Å². The Bertz CT molecular complexity index is 1060. The third-order valence-electron chi connectivity index (χ3n) is 6.04. The highest BCUT2D eigenvalue weighted by Crippen LogP contribution is 2.44. The molecule has 0 unspecified atom stereocenters. The quantitative estimate of drug-likeness (QED) is 0.695. The second kappa shape index (κ2) is 6.62. The number of carbonyl (C=O) groups is 1. The van der Waals surface area contributed by atoms with Gasteiger partial charge in [0.15, 0.2) is 5.65 Å². The molecule has 2 aliphatic rings. The van der Waals surface area contributed by atoms with Crippen LogP contribution in [0.15, 0.2) is 36.5 Å². The van der Waals surface area contributed by atoms with Crippen molar-refractivity contribution in [2.75, 3.05) is 7.11 Å². The van der Waals surface area contributed by atoms with Crippen LogP contribution >= 0.6 is 0 Å². The summed E-state index contributed by atoms with van der Waals surface area (Å²) in [6.45, 7) is 2.06. The smallest absolute Gasteiger partial charge is 0.223 e. The molecule has 0 spiro atoms. The predicted octanol–water partition coefficient (Wildman–Crippen LogP) is 3.79. The fourth-order valence-corrected chi connectivity index (χ4v) is 4.80. The average molecular weight is 376 g/mol. The lowest BCUT2D eigenvalue weighted by molar-refractivity contribution is -0.134. The first-order valence-electron chi connectivity index (χ1n) is 10.0. The zero-order valence-electron chi connectivity index (χ0n) is 16.3. The highest BCUT2D eigenvalue weighted by atomic mass is 16.5. The molecule has 1 saturated heterocycles. The Labute approximate surface area is 164 Å². The van der Waals surface area contributed by atoms with Crippen molar-refractivity contribution in [2.24, 2.45) is 0 Å². The molecular weight excluding hydrogens is 352 g/mol. The molecule has 0 saturated carbocycles. The highest BCUT2D eigenvalue weighted by molar-refractivity contribution is 5.78. The standard InChI is InChI=1S/C22H24N4O2/c1-3-6-22(27)25-14-9-10-18(25)16-13-23-21-12-17(24-26(21)19(16)11-14)15-7-4-5-8-20(15)28-2/h4-5,7-8,12-14,18H,3,6,9-11H2,1-2H3/t14-,18-/m0/s1. The summed E-state index contributed by atoms with van der Waals surface area (Å²) in [4.78, 5) is 19.5. The van der Waals surface area contributed by atoms with E-state index < -0.39 is 0 Å². The van der Waals surface area contributed by atoms with Crippen molar-refractivity contribution in [3.8, 4) is 17.0 Å². The van der Waals surface area contributed by atoms with Crippen LogP contribution in [0.25, 0.3) is 16.9 Å². The van der Waals surface area contributed by atoms with E-state index in [1.165, 1.54) is 5.69 Å². The number of benzene rings is 1. The number of hydrogen-bond acceptors (Lipinski definition) is 4. The third kappa shape index (κ3) is 2.51. The molecule has 4 heterocycles. The van der Waals surface area contributed by atoms with Gasteiger partial charge in [-0.2, -0.15) is 5.10 Å². The van der Waals surface area contributed by atoms with Crippen LogP contribution in [-0.4, -0.2) is 38.6 Å². The Morgan fingerprint density at radius 2 is 2.14 bits per heavy atom. The molecule has 6 nitrogen and oxygen atoms in total. The number of hydrogen-bond donors (Lipinski definition) is 0. The molecule has 0 aliphatic carbocycles. The monoisotopic (exact) mass is 376 g/mol. The second-order valence-corrected chi connectivity index (χ2v) is 7.66. The van der Waals surface area contributed by atoms with Crippen LogP contribution in [-0.2, 0) is 11.2 Å². The third-order valence-corrected chi connectivity index (χ3v) is 6.04. The predicted molar refractivity (Wildman–Crippen MR) is 106 cm³/mol. The Hall–Kier alpha value is -2.89. The van der Waals surface area contributed by atoms with Crippen LogP contribution in [0.5, 0.6) is 5.75 Å². The molecule has 3 aromatic rings. The van der Waals surface area contributed by atoms with Crippen molar-refractivity contribution in [2.45, 2.75) is 51.1 Å². The largest absolute Gasteiger partial charge is 0.496 e. The zero-order chi connectivity index (χ0) is 19.3. The summed E-state index contributed by atoms with van der Waals surface area (Å²) in [5, 5.41) is 4.88. The lowest BCUT2D eigenvalue weighted by Gasteiger charge is -2.36. The number of para-hydroxylation sites is 1. The van der Waals surface area contributed by atoms with Gasteiger partial charge in [-0.05, 0) is 31.4 Å². The number of amides is 1. The van der Waals surface area contributed by atoms with Crippen molar-refractivity contribution in [1.82, 2.24) is 19.5 Å². The van der Waals surface area contributed by atoms with Gasteiger partial charge in [0.1, 0.15) is 5.75 Å². The molecule has 2 bridgehead atoms. The molecule has 2 aromatic heterocycles. The molecule has 1 fully saturated rings. The maximum absolute atomic E-state index is 12.7. The number of rotatable bonds is 4. The zero-order valence-corrected chi connectivity index (χ0v) is 16.3. The molecule has 5 rings (SSSR count). The van der Waals surface area contributed by atoms with Crippen molar-refractivity contribution in [3.63, 3.8) is 0 Å². The van der Waals surface area contributed by atoms with E-state index in [0.29, 0.717) is 6.42 Å². The highest BCUT2D eigenvalue weighted by Gasteiger charge is 2.43. The molecular formula is C22H24N4O2. The number of ether oxygens (including phenoxy) is 1. The fraction of sp³-hybridized carbons (Fsp3) is 0.409. The lowest BCUT2D eigenvalue weighted by Crippen LogP contribution is -2.42. The van der Waals surface area contributed by atoms with Gasteiger partial charge in [0.25, 0.3) is 0 Å². The Morgan fingerprint density at radius 1 is 1.29 bits per heavy atom. The Kier molecular flexibility index (Phi) is 4.07. The Morgan fingerprint density at radius 3 is 2.96 bits per heavy atom. The minimum absolute atomic E-state index is 0.142. The van der Waals surface area contributed by atoms with E-state index >= 15 is 0 Å². The van der Waals surface area contributed by atoms with Gasteiger partial charge in [0.05, 0.1) is 24.5 Å². The van der Waals surface area contributed by atoms with Crippen molar-refractivity contribution < 1.29 is 9.53 Å². The molecule has 1 amide bonds. The van der Waals surface area contributed by atoms with Gasteiger partial charge < -0.3 is 9.64 Å². The van der Waals surface area contributed by atoms with Crippen LogP contribution in [0.2, 0.25) is 0 Å². The first-order valence-corrected chi connectivity index (χ1v) is 10.0. The van der Waals surface area contributed by atoms with Gasteiger partial charge in [0.2, 0.25) is 5.91 Å². The number of carbonyl (C=O) groups excluding carboxylic acids is 1. The van der Waals surface area contributed by atoms with E-state index in [1.54, 1.807) is 7.11 Å². The SMILES string of the molecule is CCCC(=O)N1[C@H]2CC[C@H]1c1cnc3cc(-c4ccccc4OC)nn3c1C2. The van der Waals surface area contributed by atoms with E-state index in [1.807, 2.05) is 41.0 Å². The number of methoxy groups -OCH3 is 1. The van der Waals surface area contributed by atoms with E-state index in [2.05, 4.69) is 16.8 Å². The first kappa shape index (κ1) is 17.2. The molecule has 28 heavy (non-hydrogen) atoms. The number of aromatic nitrogens is 3. The van der Waals surface area contributed by atoms with Gasteiger partial charge in [-0.15, -0.1) is 0 Å². The van der Waals surface area contributed by atoms with Crippen LogP contribution in [0.3, 0.4) is 0 Å². The summed E-state index contributed by atoms with van der Waals surface area (Å²) >= 11 is 0. The fourth-order valence-electron chi connectivity index (χ4n) is 4.80. The lowest BCUT2D eigenvalue weighted by atomic mass is 9.98.